The van der Waals surface area contributed by atoms with Gasteiger partial charge in [-0.15, -0.1) is 0 Å². The molecule has 0 amide bonds. The van der Waals surface area contributed by atoms with Crippen molar-refractivity contribution in [3.05, 3.63) is 0 Å². The Kier molecular flexibility index (Phi) is 3.92. The molecule has 0 aromatic rings. The second kappa shape index (κ2) is 4.59. The predicted octanol–water partition coefficient (Wildman–Crippen LogP) is 0.621. The van der Waals surface area contributed by atoms with Crippen LogP contribution in [0.15, 0.2) is 0 Å². The molecule has 0 aromatic carbocycles. The molecule has 14 heavy (non-hydrogen) atoms. The molecular formula is C9H19NO3S. The zero-order valence-corrected chi connectivity index (χ0v) is 9.44. The van der Waals surface area contributed by atoms with E-state index in [9.17, 15) is 13.5 Å². The van der Waals surface area contributed by atoms with Crippen LogP contribution in [0, 0.1) is 0 Å². The van der Waals surface area contributed by atoms with E-state index in [1.807, 2.05) is 6.92 Å². The normalized spacial score (nSPS) is 21.3. The summed E-state index contributed by atoms with van der Waals surface area (Å²) in [5.74, 6) is 0.148. The summed E-state index contributed by atoms with van der Waals surface area (Å²) in [5, 5.41) is 9.22. The Balaban J connectivity index is 2.64. The van der Waals surface area contributed by atoms with Gasteiger partial charge in [-0.3, -0.25) is 0 Å². The average Bonchev–Trinajstić information content (AvgIpc) is 2.53. The third-order valence-corrected chi connectivity index (χ3v) is 4.40. The van der Waals surface area contributed by atoms with Gasteiger partial charge < -0.3 is 5.11 Å². The first-order valence-corrected chi connectivity index (χ1v) is 6.81. The van der Waals surface area contributed by atoms with Gasteiger partial charge in [0.15, 0.2) is 0 Å². The van der Waals surface area contributed by atoms with Gasteiger partial charge in [-0.1, -0.05) is 19.8 Å². The standard InChI is InChI=1S/C9H19NO3S/c1-2-7-14(12,13)10-9(8-11)5-3-4-6-9/h10-11H,2-8H2,1H3. The van der Waals surface area contributed by atoms with Crippen LogP contribution in [-0.2, 0) is 10.0 Å². The van der Waals surface area contributed by atoms with Gasteiger partial charge in [-0.25, -0.2) is 13.1 Å². The second-order valence-electron chi connectivity index (χ2n) is 4.07. The monoisotopic (exact) mass is 221 g/mol. The molecule has 0 bridgehead atoms. The first-order valence-electron chi connectivity index (χ1n) is 5.16. The molecule has 0 atom stereocenters. The number of rotatable bonds is 5. The SMILES string of the molecule is CCCS(=O)(=O)NC1(CO)CCCC1. The molecule has 1 aliphatic rings. The number of nitrogens with one attached hydrogen (secondary N) is 1. The number of hydrogen-bond acceptors (Lipinski definition) is 3. The van der Waals surface area contributed by atoms with E-state index in [2.05, 4.69) is 4.72 Å². The van der Waals surface area contributed by atoms with E-state index >= 15 is 0 Å². The quantitative estimate of drug-likeness (QED) is 0.715. The Hall–Kier alpha value is -0.130. The van der Waals surface area contributed by atoms with Crippen LogP contribution in [0.25, 0.3) is 0 Å². The minimum absolute atomic E-state index is 0.0874. The third-order valence-electron chi connectivity index (χ3n) is 2.71. The van der Waals surface area contributed by atoms with E-state index in [1.165, 1.54) is 0 Å². The minimum Gasteiger partial charge on any atom is -0.394 e. The van der Waals surface area contributed by atoms with Crippen LogP contribution in [-0.4, -0.2) is 31.4 Å². The molecule has 5 heteroatoms. The van der Waals surface area contributed by atoms with Gasteiger partial charge in [0.1, 0.15) is 0 Å². The Morgan fingerprint density at radius 1 is 1.36 bits per heavy atom. The van der Waals surface area contributed by atoms with Gasteiger partial charge in [-0.2, -0.15) is 0 Å². The van der Waals surface area contributed by atoms with Crippen LogP contribution in [0.3, 0.4) is 0 Å². The van der Waals surface area contributed by atoms with Crippen molar-refractivity contribution in [3.8, 4) is 0 Å². The zero-order valence-electron chi connectivity index (χ0n) is 8.62. The lowest BCUT2D eigenvalue weighted by Gasteiger charge is -2.27. The molecule has 0 aliphatic heterocycles. The summed E-state index contributed by atoms with van der Waals surface area (Å²) in [5.41, 5.74) is -0.562. The lowest BCUT2D eigenvalue weighted by atomic mass is 10.0. The van der Waals surface area contributed by atoms with Crippen molar-refractivity contribution in [2.45, 2.75) is 44.6 Å². The molecule has 0 unspecified atom stereocenters. The maximum atomic E-state index is 11.5. The van der Waals surface area contributed by atoms with E-state index in [-0.39, 0.29) is 12.4 Å². The van der Waals surface area contributed by atoms with Gasteiger partial charge in [0.2, 0.25) is 10.0 Å². The van der Waals surface area contributed by atoms with Crippen molar-refractivity contribution in [2.24, 2.45) is 0 Å². The lowest BCUT2D eigenvalue weighted by molar-refractivity contribution is 0.185. The van der Waals surface area contributed by atoms with Crippen LogP contribution in [0.5, 0.6) is 0 Å². The summed E-state index contributed by atoms with van der Waals surface area (Å²) in [6.45, 7) is 1.75. The topological polar surface area (TPSA) is 66.4 Å². The van der Waals surface area contributed by atoms with E-state index in [0.717, 1.165) is 25.7 Å². The Morgan fingerprint density at radius 3 is 2.36 bits per heavy atom. The highest BCUT2D eigenvalue weighted by atomic mass is 32.2. The van der Waals surface area contributed by atoms with Crippen molar-refractivity contribution in [2.75, 3.05) is 12.4 Å². The van der Waals surface area contributed by atoms with Gasteiger partial charge in [0.05, 0.1) is 17.9 Å². The summed E-state index contributed by atoms with van der Waals surface area (Å²) in [6.07, 6.45) is 4.11. The highest BCUT2D eigenvalue weighted by Gasteiger charge is 2.36. The second-order valence-corrected chi connectivity index (χ2v) is 5.91. The fraction of sp³-hybridized carbons (Fsp3) is 1.00. The van der Waals surface area contributed by atoms with Gasteiger partial charge in [0.25, 0.3) is 0 Å². The highest BCUT2D eigenvalue weighted by molar-refractivity contribution is 7.89. The average molecular weight is 221 g/mol. The zero-order chi connectivity index (χ0) is 10.7. The number of sulfonamides is 1. The molecular weight excluding hydrogens is 202 g/mol. The fourth-order valence-corrected chi connectivity index (χ4v) is 3.56. The maximum Gasteiger partial charge on any atom is 0.212 e. The van der Waals surface area contributed by atoms with Crippen molar-refractivity contribution in [3.63, 3.8) is 0 Å². The largest absolute Gasteiger partial charge is 0.394 e. The Labute approximate surface area is 85.8 Å². The van der Waals surface area contributed by atoms with Gasteiger partial charge >= 0.3 is 0 Å². The summed E-state index contributed by atoms with van der Waals surface area (Å²) < 4.78 is 25.7. The fourth-order valence-electron chi connectivity index (χ4n) is 1.99. The molecule has 0 radical (unpaired) electrons. The van der Waals surface area contributed by atoms with Crippen LogP contribution >= 0.6 is 0 Å². The molecule has 0 spiro atoms. The van der Waals surface area contributed by atoms with Crippen molar-refractivity contribution in [1.82, 2.24) is 4.72 Å². The van der Waals surface area contributed by atoms with Gasteiger partial charge in [-0.05, 0) is 19.3 Å². The van der Waals surface area contributed by atoms with E-state index in [0.29, 0.717) is 6.42 Å². The minimum atomic E-state index is -3.20. The highest BCUT2D eigenvalue weighted by Crippen LogP contribution is 2.29. The maximum absolute atomic E-state index is 11.5. The van der Waals surface area contributed by atoms with E-state index in [1.54, 1.807) is 0 Å². The van der Waals surface area contributed by atoms with Crippen LogP contribution in [0.1, 0.15) is 39.0 Å². The smallest absolute Gasteiger partial charge is 0.212 e. The molecule has 1 saturated carbocycles. The van der Waals surface area contributed by atoms with Crippen molar-refractivity contribution >= 4 is 10.0 Å². The van der Waals surface area contributed by atoms with E-state index in [4.69, 9.17) is 0 Å². The molecule has 2 N–H and O–H groups in total. The first-order chi connectivity index (χ1) is 6.54. The summed E-state index contributed by atoms with van der Waals surface area (Å²) in [7, 11) is -3.20. The summed E-state index contributed by atoms with van der Waals surface area (Å²) in [6, 6.07) is 0. The molecule has 1 aliphatic carbocycles. The van der Waals surface area contributed by atoms with Gasteiger partial charge in [0, 0.05) is 0 Å². The first kappa shape index (κ1) is 11.9. The molecule has 84 valence electrons. The predicted molar refractivity (Wildman–Crippen MR) is 55.5 cm³/mol. The lowest BCUT2D eigenvalue weighted by Crippen LogP contribution is -2.49. The summed E-state index contributed by atoms with van der Waals surface area (Å²) in [4.78, 5) is 0. The third kappa shape index (κ3) is 2.93. The molecule has 0 heterocycles. The molecule has 1 rings (SSSR count). The van der Waals surface area contributed by atoms with Crippen molar-refractivity contribution < 1.29 is 13.5 Å². The van der Waals surface area contributed by atoms with Crippen molar-refractivity contribution in [1.29, 1.82) is 0 Å². The number of aliphatic hydroxyl groups excluding tert-OH is 1. The Morgan fingerprint density at radius 2 is 1.93 bits per heavy atom. The Bertz CT molecular complexity index is 268. The van der Waals surface area contributed by atoms with Crippen LogP contribution < -0.4 is 4.72 Å². The number of aliphatic hydroxyl groups is 1. The molecule has 1 fully saturated rings. The molecule has 4 nitrogen and oxygen atoms in total. The number of hydrogen-bond donors (Lipinski definition) is 2. The summed E-state index contributed by atoms with van der Waals surface area (Å²) >= 11 is 0. The molecule has 0 aromatic heterocycles. The molecule has 0 saturated heterocycles. The van der Waals surface area contributed by atoms with Crippen LogP contribution in [0.2, 0.25) is 0 Å². The van der Waals surface area contributed by atoms with Crippen LogP contribution in [0.4, 0.5) is 0 Å². The van der Waals surface area contributed by atoms with E-state index < -0.39 is 15.6 Å².